The molecule has 0 N–H and O–H groups in total. The van der Waals surface area contributed by atoms with Gasteiger partial charge in [0.25, 0.3) is 0 Å². The third-order valence-electron chi connectivity index (χ3n) is 9.03. The van der Waals surface area contributed by atoms with Crippen LogP contribution in [0, 0.1) is 23.2 Å². The maximum Gasteiger partial charge on any atom is 0.310 e. The number of nitrogens with zero attached hydrogens (tertiary/aromatic N) is 2. The van der Waals surface area contributed by atoms with Crippen molar-refractivity contribution in [2.75, 3.05) is 44.2 Å². The normalized spacial score (nSPS) is 43.2. The van der Waals surface area contributed by atoms with Gasteiger partial charge in [-0.05, 0) is 55.6 Å². The summed E-state index contributed by atoms with van der Waals surface area (Å²) in [4.78, 5) is 17.8. The first-order valence-electron chi connectivity index (χ1n) is 11.9. The number of benzene rings is 1. The predicted octanol–water partition coefficient (Wildman–Crippen LogP) is 3.34. The number of rotatable bonds is 3. The average Bonchev–Trinajstić information content (AvgIpc) is 3.46. The van der Waals surface area contributed by atoms with Gasteiger partial charge in [0.2, 0.25) is 0 Å². The Bertz CT molecular complexity index is 802. The molecular weight excluding hydrogens is 376 g/mol. The molecule has 2 aliphatic carbocycles. The molecule has 0 aromatic heterocycles. The lowest BCUT2D eigenvalue weighted by molar-refractivity contribution is -0.147. The summed E-state index contributed by atoms with van der Waals surface area (Å²) in [6, 6.07) is 10.7. The fraction of sp³-hybridized carbons (Fsp3) is 0.720. The van der Waals surface area contributed by atoms with E-state index in [-0.39, 0.29) is 29.0 Å². The number of epoxide rings is 1. The second-order valence-electron chi connectivity index (χ2n) is 10.7. The van der Waals surface area contributed by atoms with Crippen LogP contribution >= 0.6 is 0 Å². The molecule has 5 heteroatoms. The maximum atomic E-state index is 12.9. The van der Waals surface area contributed by atoms with Gasteiger partial charge < -0.3 is 14.4 Å². The van der Waals surface area contributed by atoms with E-state index >= 15 is 0 Å². The van der Waals surface area contributed by atoms with Crippen LogP contribution < -0.4 is 4.90 Å². The van der Waals surface area contributed by atoms with E-state index in [1.807, 2.05) is 0 Å². The molecule has 162 valence electrons. The summed E-state index contributed by atoms with van der Waals surface area (Å²) in [6.07, 6.45) is 6.01. The Morgan fingerprint density at radius 3 is 2.60 bits per heavy atom. The number of fused-ring (bicyclic) bond motifs is 3. The Hall–Kier alpha value is -1.59. The number of carbonyl (C=O) groups excluding carboxylic acids is 1. The van der Waals surface area contributed by atoms with Crippen LogP contribution in [0.2, 0.25) is 0 Å². The zero-order valence-corrected chi connectivity index (χ0v) is 18.1. The first kappa shape index (κ1) is 19.1. The largest absolute Gasteiger partial charge is 0.462 e. The van der Waals surface area contributed by atoms with Crippen molar-refractivity contribution in [3.05, 3.63) is 30.3 Å². The third kappa shape index (κ3) is 3.08. The van der Waals surface area contributed by atoms with Gasteiger partial charge in [-0.1, -0.05) is 25.1 Å². The molecule has 6 rings (SSSR count). The zero-order chi connectivity index (χ0) is 20.3. The standard InChI is InChI=1S/C25H34N2O3/c1-24-8-5-9-25(17-29-25)22(24)14-19-20(23(28)30-21(19)15-24)16-26-10-12-27(13-11-26)18-6-3-2-4-7-18/h2-4,6-7,19-22H,5,8-17H2,1H3/t19-,20-,21-,22-,24-,25+/m1/s1. The van der Waals surface area contributed by atoms with Crippen LogP contribution in [0.15, 0.2) is 30.3 Å². The summed E-state index contributed by atoms with van der Waals surface area (Å²) in [7, 11) is 0. The van der Waals surface area contributed by atoms with E-state index in [2.05, 4.69) is 47.1 Å². The molecule has 0 unspecified atom stereocenters. The highest BCUT2D eigenvalue weighted by Crippen LogP contribution is 2.62. The van der Waals surface area contributed by atoms with Crippen LogP contribution in [0.1, 0.15) is 39.0 Å². The van der Waals surface area contributed by atoms with Crippen molar-refractivity contribution >= 4 is 11.7 Å². The van der Waals surface area contributed by atoms with Crippen molar-refractivity contribution in [3.8, 4) is 0 Å². The number of ether oxygens (including phenoxy) is 2. The Labute approximate surface area is 179 Å². The van der Waals surface area contributed by atoms with Crippen LogP contribution in [0.5, 0.6) is 0 Å². The predicted molar refractivity (Wildman–Crippen MR) is 115 cm³/mol. The molecule has 30 heavy (non-hydrogen) atoms. The van der Waals surface area contributed by atoms with Gasteiger partial charge in [0.05, 0.1) is 18.1 Å². The third-order valence-corrected chi connectivity index (χ3v) is 9.03. The Morgan fingerprint density at radius 1 is 1.10 bits per heavy atom. The molecular formula is C25H34N2O3. The van der Waals surface area contributed by atoms with Crippen molar-refractivity contribution in [2.45, 2.75) is 50.7 Å². The molecule has 3 heterocycles. The summed E-state index contributed by atoms with van der Waals surface area (Å²) in [5.41, 5.74) is 1.72. The van der Waals surface area contributed by atoms with E-state index < -0.39 is 0 Å². The zero-order valence-electron chi connectivity index (χ0n) is 18.1. The molecule has 5 fully saturated rings. The lowest BCUT2D eigenvalue weighted by Crippen LogP contribution is -2.52. The highest BCUT2D eigenvalue weighted by atomic mass is 16.6. The molecule has 1 spiro atoms. The minimum Gasteiger partial charge on any atom is -0.462 e. The fourth-order valence-corrected chi connectivity index (χ4v) is 7.27. The number of hydrogen-bond acceptors (Lipinski definition) is 5. The minimum absolute atomic E-state index is 0.0422. The SMILES string of the molecule is C[C@]12CCC[C@]3(CO3)[C@@H]1C[C@H]1[C@@H](C2)OC(=O)[C@@H]1CN1CCN(c2ccccc2)CC1. The van der Waals surface area contributed by atoms with E-state index in [1.165, 1.54) is 24.9 Å². The summed E-state index contributed by atoms with van der Waals surface area (Å²) < 4.78 is 12.0. The quantitative estimate of drug-likeness (QED) is 0.565. The molecule has 5 aliphatic rings. The molecule has 0 bridgehead atoms. The highest BCUT2D eigenvalue weighted by Gasteiger charge is 2.65. The summed E-state index contributed by atoms with van der Waals surface area (Å²) >= 11 is 0. The van der Waals surface area contributed by atoms with Crippen molar-refractivity contribution in [3.63, 3.8) is 0 Å². The van der Waals surface area contributed by atoms with Crippen LogP contribution in [0.3, 0.4) is 0 Å². The lowest BCUT2D eigenvalue weighted by Gasteiger charge is -2.51. The Balaban J connectivity index is 1.12. The van der Waals surface area contributed by atoms with Gasteiger partial charge in [-0.2, -0.15) is 0 Å². The highest BCUT2D eigenvalue weighted by molar-refractivity contribution is 5.75. The first-order chi connectivity index (χ1) is 14.6. The Kier molecular flexibility index (Phi) is 4.44. The van der Waals surface area contributed by atoms with Crippen molar-refractivity contribution in [1.82, 2.24) is 4.90 Å². The Morgan fingerprint density at radius 2 is 1.87 bits per heavy atom. The van der Waals surface area contributed by atoms with Gasteiger partial charge in [-0.25, -0.2) is 0 Å². The monoisotopic (exact) mass is 410 g/mol. The van der Waals surface area contributed by atoms with Crippen molar-refractivity contribution in [1.29, 1.82) is 0 Å². The number of carbonyl (C=O) groups is 1. The first-order valence-corrected chi connectivity index (χ1v) is 11.9. The molecule has 0 radical (unpaired) electrons. The second-order valence-corrected chi connectivity index (χ2v) is 10.7. The molecule has 5 nitrogen and oxygen atoms in total. The van der Waals surface area contributed by atoms with E-state index in [0.717, 1.165) is 52.2 Å². The lowest BCUT2D eigenvalue weighted by atomic mass is 9.53. The molecule has 3 saturated heterocycles. The van der Waals surface area contributed by atoms with Crippen LogP contribution in [0.4, 0.5) is 5.69 Å². The average molecular weight is 411 g/mol. The summed E-state index contributed by atoms with van der Waals surface area (Å²) in [5.74, 6) is 1.08. The number of piperazine rings is 1. The van der Waals surface area contributed by atoms with Crippen LogP contribution in [-0.4, -0.2) is 61.9 Å². The minimum atomic E-state index is 0.0422. The summed E-state index contributed by atoms with van der Waals surface area (Å²) in [5, 5.41) is 0. The van der Waals surface area contributed by atoms with Gasteiger partial charge in [0.15, 0.2) is 0 Å². The van der Waals surface area contributed by atoms with Crippen molar-refractivity contribution < 1.29 is 14.3 Å². The maximum absolute atomic E-state index is 12.9. The smallest absolute Gasteiger partial charge is 0.310 e. The van der Waals surface area contributed by atoms with Crippen molar-refractivity contribution in [2.24, 2.45) is 23.2 Å². The number of para-hydroxylation sites is 1. The molecule has 1 aromatic rings. The van der Waals surface area contributed by atoms with Gasteiger partial charge in [0.1, 0.15) is 6.10 Å². The number of anilines is 1. The molecule has 3 aliphatic heterocycles. The van der Waals surface area contributed by atoms with Gasteiger partial charge in [-0.15, -0.1) is 0 Å². The molecule has 1 aromatic carbocycles. The topological polar surface area (TPSA) is 45.3 Å². The summed E-state index contributed by atoms with van der Waals surface area (Å²) in [6.45, 7) is 8.31. The van der Waals surface area contributed by atoms with E-state index in [1.54, 1.807) is 0 Å². The van der Waals surface area contributed by atoms with E-state index in [9.17, 15) is 4.79 Å². The fourth-order valence-electron chi connectivity index (χ4n) is 7.27. The number of esters is 1. The van der Waals surface area contributed by atoms with Gasteiger partial charge in [-0.3, -0.25) is 9.69 Å². The van der Waals surface area contributed by atoms with E-state index in [0.29, 0.717) is 11.8 Å². The van der Waals surface area contributed by atoms with Gasteiger partial charge >= 0.3 is 5.97 Å². The van der Waals surface area contributed by atoms with Crippen LogP contribution in [-0.2, 0) is 14.3 Å². The van der Waals surface area contributed by atoms with Gasteiger partial charge in [0, 0.05) is 44.3 Å². The second kappa shape index (κ2) is 6.96. The molecule has 2 saturated carbocycles. The van der Waals surface area contributed by atoms with Crippen LogP contribution in [0.25, 0.3) is 0 Å². The van der Waals surface area contributed by atoms with E-state index in [4.69, 9.17) is 9.47 Å². The molecule has 0 amide bonds. The molecule has 6 atom stereocenters. The number of hydrogen-bond donors (Lipinski definition) is 0.